The predicted molar refractivity (Wildman–Crippen MR) is 114 cm³/mol. The number of nitrogens with zero attached hydrogens (tertiary/aromatic N) is 3. The Morgan fingerprint density at radius 1 is 1.15 bits per heavy atom. The second-order valence-corrected chi connectivity index (χ2v) is 9.06. The Morgan fingerprint density at radius 3 is 2.23 bits per heavy atom. The van der Waals surface area contributed by atoms with E-state index in [0.717, 1.165) is 19.3 Å². The summed E-state index contributed by atoms with van der Waals surface area (Å²) in [6.07, 6.45) is 6.27. The van der Waals surface area contributed by atoms with Gasteiger partial charge in [0.1, 0.15) is 6.54 Å². The minimum atomic E-state index is -3.20. The van der Waals surface area contributed by atoms with Crippen molar-refractivity contribution in [2.24, 2.45) is 16.8 Å². The standard InChI is InChI=1S/C16H31N5O3S.HI/c1-20(2)15(22)10-18-16(17-8-9-19-25(3,23)24)21-11-13-6-4-5-7-14(13)12-21;/h13-14,19H,4-12H2,1-3H3,(H,17,18);1H. The Kier molecular flexibility index (Phi) is 9.59. The molecule has 2 aliphatic rings. The minimum Gasteiger partial charge on any atom is -0.355 e. The minimum absolute atomic E-state index is 0. The largest absolute Gasteiger partial charge is 0.355 e. The van der Waals surface area contributed by atoms with Gasteiger partial charge in [-0.3, -0.25) is 4.79 Å². The Morgan fingerprint density at radius 2 is 1.73 bits per heavy atom. The molecule has 0 aromatic rings. The van der Waals surface area contributed by atoms with E-state index in [1.54, 1.807) is 14.1 Å². The van der Waals surface area contributed by atoms with E-state index in [0.29, 0.717) is 30.9 Å². The number of aliphatic imine (C=N–C) groups is 1. The third-order valence-electron chi connectivity index (χ3n) is 4.91. The van der Waals surface area contributed by atoms with Crippen molar-refractivity contribution in [3.8, 4) is 0 Å². The number of sulfonamides is 1. The van der Waals surface area contributed by atoms with Crippen molar-refractivity contribution in [2.45, 2.75) is 25.7 Å². The number of guanidine groups is 1. The molecule has 152 valence electrons. The number of likely N-dealkylation sites (tertiary alicyclic amines) is 1. The molecule has 1 heterocycles. The third kappa shape index (κ3) is 7.55. The highest BCUT2D eigenvalue weighted by Crippen LogP contribution is 2.35. The second-order valence-electron chi connectivity index (χ2n) is 7.23. The molecule has 1 aliphatic carbocycles. The van der Waals surface area contributed by atoms with Crippen molar-refractivity contribution in [2.75, 3.05) is 53.1 Å². The summed E-state index contributed by atoms with van der Waals surface area (Å²) in [5.41, 5.74) is 0. The number of nitrogens with one attached hydrogen (secondary N) is 2. The number of carbonyl (C=O) groups is 1. The molecule has 2 atom stereocenters. The molecule has 26 heavy (non-hydrogen) atoms. The fourth-order valence-corrected chi connectivity index (χ4v) is 4.01. The van der Waals surface area contributed by atoms with Gasteiger partial charge in [0.15, 0.2) is 5.96 Å². The van der Waals surface area contributed by atoms with E-state index in [9.17, 15) is 13.2 Å². The van der Waals surface area contributed by atoms with Crippen LogP contribution in [0.15, 0.2) is 4.99 Å². The summed E-state index contributed by atoms with van der Waals surface area (Å²) in [5, 5.41) is 3.22. The van der Waals surface area contributed by atoms with E-state index in [4.69, 9.17) is 0 Å². The lowest BCUT2D eigenvalue weighted by atomic mass is 9.82. The van der Waals surface area contributed by atoms with Gasteiger partial charge in [-0.25, -0.2) is 18.1 Å². The van der Waals surface area contributed by atoms with E-state index >= 15 is 0 Å². The number of rotatable bonds is 6. The van der Waals surface area contributed by atoms with Crippen molar-refractivity contribution in [1.29, 1.82) is 0 Å². The van der Waals surface area contributed by atoms with E-state index in [1.165, 1.54) is 30.6 Å². The van der Waals surface area contributed by atoms with Gasteiger partial charge >= 0.3 is 0 Å². The zero-order valence-electron chi connectivity index (χ0n) is 15.9. The predicted octanol–water partition coefficient (Wildman–Crippen LogP) is 0.309. The van der Waals surface area contributed by atoms with Crippen molar-refractivity contribution >= 4 is 45.9 Å². The zero-order chi connectivity index (χ0) is 18.4. The molecule has 1 saturated carbocycles. The van der Waals surface area contributed by atoms with E-state index in [2.05, 4.69) is 19.9 Å². The molecule has 2 N–H and O–H groups in total. The zero-order valence-corrected chi connectivity index (χ0v) is 19.0. The van der Waals surface area contributed by atoms with Crippen LogP contribution in [-0.2, 0) is 14.8 Å². The number of halogens is 1. The van der Waals surface area contributed by atoms with Crippen LogP contribution < -0.4 is 10.0 Å². The van der Waals surface area contributed by atoms with Gasteiger partial charge in [-0.05, 0) is 24.7 Å². The Bertz CT molecular complexity index is 583. The molecule has 0 aromatic carbocycles. The van der Waals surface area contributed by atoms with E-state index < -0.39 is 10.0 Å². The number of likely N-dealkylation sites (N-methyl/N-ethyl adjacent to an activating group) is 1. The average Bonchev–Trinajstić information content (AvgIpc) is 2.96. The maximum atomic E-state index is 11.9. The summed E-state index contributed by atoms with van der Waals surface area (Å²) in [5.74, 6) is 2.07. The SMILES string of the molecule is CN(C)C(=O)CN=C(NCCNS(C)(=O)=O)N1CC2CCCCC2C1.I. The molecule has 1 saturated heterocycles. The van der Waals surface area contributed by atoms with Crippen LogP contribution in [0.3, 0.4) is 0 Å². The smallest absolute Gasteiger partial charge is 0.243 e. The highest BCUT2D eigenvalue weighted by Gasteiger charge is 2.35. The highest BCUT2D eigenvalue weighted by atomic mass is 127. The first-order valence-electron chi connectivity index (χ1n) is 8.94. The topological polar surface area (TPSA) is 94.1 Å². The van der Waals surface area contributed by atoms with Gasteiger partial charge in [-0.15, -0.1) is 24.0 Å². The van der Waals surface area contributed by atoms with Gasteiger partial charge in [0.25, 0.3) is 0 Å². The summed E-state index contributed by atoms with van der Waals surface area (Å²) in [6.45, 7) is 2.76. The van der Waals surface area contributed by atoms with Crippen LogP contribution in [0.1, 0.15) is 25.7 Å². The Hall–Kier alpha value is -0.620. The molecule has 0 aromatic heterocycles. The van der Waals surface area contributed by atoms with Crippen LogP contribution in [0, 0.1) is 11.8 Å². The third-order valence-corrected chi connectivity index (χ3v) is 5.64. The van der Waals surface area contributed by atoms with Gasteiger partial charge in [0.05, 0.1) is 6.26 Å². The summed E-state index contributed by atoms with van der Waals surface area (Å²) < 4.78 is 24.8. The monoisotopic (exact) mass is 501 g/mol. The fraction of sp³-hybridized carbons (Fsp3) is 0.875. The van der Waals surface area contributed by atoms with Crippen molar-refractivity contribution in [1.82, 2.24) is 19.8 Å². The van der Waals surface area contributed by atoms with E-state index in [-0.39, 0.29) is 36.4 Å². The quantitative estimate of drug-likeness (QED) is 0.237. The summed E-state index contributed by atoms with van der Waals surface area (Å²) in [7, 11) is 0.228. The first-order chi connectivity index (χ1) is 11.8. The first kappa shape index (κ1) is 23.4. The number of fused-ring (bicyclic) bond motifs is 1. The lowest BCUT2D eigenvalue weighted by Gasteiger charge is -2.22. The second kappa shape index (κ2) is 10.6. The van der Waals surface area contributed by atoms with Crippen LogP contribution in [0.25, 0.3) is 0 Å². The number of amides is 1. The molecule has 2 fully saturated rings. The lowest BCUT2D eigenvalue weighted by Crippen LogP contribution is -2.44. The van der Waals surface area contributed by atoms with Crippen molar-refractivity contribution < 1.29 is 13.2 Å². The van der Waals surface area contributed by atoms with Crippen LogP contribution in [-0.4, -0.2) is 83.2 Å². The summed E-state index contributed by atoms with van der Waals surface area (Å²) >= 11 is 0. The fourth-order valence-electron chi connectivity index (χ4n) is 3.54. The first-order valence-corrected chi connectivity index (χ1v) is 10.8. The van der Waals surface area contributed by atoms with Gasteiger partial charge in [0, 0.05) is 40.3 Å². The summed E-state index contributed by atoms with van der Waals surface area (Å²) in [4.78, 5) is 20.1. The van der Waals surface area contributed by atoms with Crippen molar-refractivity contribution in [3.63, 3.8) is 0 Å². The number of hydrogen-bond donors (Lipinski definition) is 2. The molecule has 0 spiro atoms. The average molecular weight is 501 g/mol. The molecule has 0 bridgehead atoms. The molecule has 8 nitrogen and oxygen atoms in total. The normalized spacial score (nSPS) is 23.2. The molecular formula is C16H32IN5O3S. The molecule has 1 aliphatic heterocycles. The molecule has 10 heteroatoms. The number of carbonyl (C=O) groups excluding carboxylic acids is 1. The van der Waals surface area contributed by atoms with Crippen LogP contribution in [0.2, 0.25) is 0 Å². The highest BCUT2D eigenvalue weighted by molar-refractivity contribution is 14.0. The maximum absolute atomic E-state index is 11.9. The molecular weight excluding hydrogens is 469 g/mol. The molecule has 2 unspecified atom stereocenters. The Balaban J connectivity index is 0.00000338. The molecule has 0 radical (unpaired) electrons. The maximum Gasteiger partial charge on any atom is 0.243 e. The van der Waals surface area contributed by atoms with Crippen molar-refractivity contribution in [3.05, 3.63) is 0 Å². The van der Waals surface area contributed by atoms with Crippen LogP contribution >= 0.6 is 24.0 Å². The van der Waals surface area contributed by atoms with Gasteiger partial charge in [-0.2, -0.15) is 0 Å². The summed E-state index contributed by atoms with van der Waals surface area (Å²) in [6, 6.07) is 0. The van der Waals surface area contributed by atoms with Gasteiger partial charge in [-0.1, -0.05) is 12.8 Å². The molecule has 2 rings (SSSR count). The van der Waals surface area contributed by atoms with Crippen LogP contribution in [0.4, 0.5) is 0 Å². The van der Waals surface area contributed by atoms with Crippen LogP contribution in [0.5, 0.6) is 0 Å². The lowest BCUT2D eigenvalue weighted by molar-refractivity contribution is -0.127. The van der Waals surface area contributed by atoms with Gasteiger partial charge < -0.3 is 15.1 Å². The molecule has 1 amide bonds. The van der Waals surface area contributed by atoms with Gasteiger partial charge in [0.2, 0.25) is 15.9 Å². The number of hydrogen-bond acceptors (Lipinski definition) is 4. The van der Waals surface area contributed by atoms with E-state index in [1.807, 2.05) is 0 Å². The Labute approximate surface area is 174 Å².